The number of ketones is 1. The molecule has 0 N–H and O–H groups in total. The number of carbonyl (C=O) groups excluding carboxylic acids is 2. The summed E-state index contributed by atoms with van der Waals surface area (Å²) in [5.74, 6) is 0.238. The summed E-state index contributed by atoms with van der Waals surface area (Å²) in [6.07, 6.45) is 2.06. The van der Waals surface area contributed by atoms with Crippen molar-refractivity contribution in [2.24, 2.45) is 0 Å². The van der Waals surface area contributed by atoms with E-state index in [4.69, 9.17) is 0 Å². The lowest BCUT2D eigenvalue weighted by Gasteiger charge is -2.36. The fourth-order valence-electron chi connectivity index (χ4n) is 3.48. The van der Waals surface area contributed by atoms with Gasteiger partial charge in [0.15, 0.2) is 5.78 Å². The van der Waals surface area contributed by atoms with Gasteiger partial charge in [0.2, 0.25) is 5.91 Å². The van der Waals surface area contributed by atoms with Crippen LogP contribution in [0.4, 0.5) is 5.69 Å². The van der Waals surface area contributed by atoms with Crippen LogP contribution < -0.4 is 4.90 Å². The van der Waals surface area contributed by atoms with Crippen LogP contribution in [0, 0.1) is 0 Å². The van der Waals surface area contributed by atoms with Gasteiger partial charge >= 0.3 is 0 Å². The summed E-state index contributed by atoms with van der Waals surface area (Å²) in [5.41, 5.74) is 3.02. The van der Waals surface area contributed by atoms with Gasteiger partial charge in [-0.15, -0.1) is 11.8 Å². The quantitative estimate of drug-likeness (QED) is 0.516. The van der Waals surface area contributed by atoms with Crippen LogP contribution in [0.5, 0.6) is 0 Å². The number of hydrogen-bond acceptors (Lipinski definition) is 5. The Morgan fingerprint density at radius 3 is 2.14 bits per heavy atom. The molecular weight excluding hydrogens is 382 g/mol. The molecule has 1 aliphatic heterocycles. The third-order valence-corrected chi connectivity index (χ3v) is 6.12. The van der Waals surface area contributed by atoms with E-state index in [1.54, 1.807) is 23.6 Å². The zero-order valence-electron chi connectivity index (χ0n) is 17.4. The van der Waals surface area contributed by atoms with Gasteiger partial charge in [-0.25, -0.2) is 0 Å². The highest BCUT2D eigenvalue weighted by Crippen LogP contribution is 2.18. The average Bonchev–Trinajstić information content (AvgIpc) is 2.75. The van der Waals surface area contributed by atoms with Gasteiger partial charge in [-0.3, -0.25) is 14.5 Å². The largest absolute Gasteiger partial charge is 0.369 e. The fourth-order valence-corrected chi connectivity index (χ4v) is 3.88. The summed E-state index contributed by atoms with van der Waals surface area (Å²) in [5, 5.41) is 0. The van der Waals surface area contributed by atoms with Crippen molar-refractivity contribution in [3.8, 4) is 0 Å². The summed E-state index contributed by atoms with van der Waals surface area (Å²) in [7, 11) is 1.87. The number of Topliss-reactive ketones (excluding diaryl/α,β-unsaturated/α-hetero) is 1. The molecule has 1 fully saturated rings. The first kappa shape index (κ1) is 21.4. The van der Waals surface area contributed by atoms with Crippen molar-refractivity contribution in [1.29, 1.82) is 0 Å². The Bertz CT molecular complexity index is 828. The number of rotatable bonds is 7. The van der Waals surface area contributed by atoms with Crippen LogP contribution >= 0.6 is 11.8 Å². The molecule has 2 aromatic rings. The maximum absolute atomic E-state index is 12.6. The lowest BCUT2D eigenvalue weighted by atomic mass is 10.1. The Kier molecular flexibility index (Phi) is 7.34. The highest BCUT2D eigenvalue weighted by Gasteiger charge is 2.21. The fraction of sp³-hybridized carbons (Fsp3) is 0.391. The SMILES string of the molecule is CSc1ccc(CN(C)C(=O)CN2CCN(c3ccc(C(C)=O)cc3)CC2)cc1. The molecule has 0 radical (unpaired) electrons. The minimum absolute atomic E-state index is 0.0872. The van der Waals surface area contributed by atoms with Gasteiger partial charge in [0.25, 0.3) is 0 Å². The smallest absolute Gasteiger partial charge is 0.236 e. The molecule has 6 heteroatoms. The molecule has 0 spiro atoms. The molecule has 5 nitrogen and oxygen atoms in total. The summed E-state index contributed by atoms with van der Waals surface area (Å²) in [4.78, 5) is 31.6. The Morgan fingerprint density at radius 1 is 0.966 bits per heavy atom. The van der Waals surface area contributed by atoms with Gasteiger partial charge in [0.05, 0.1) is 6.54 Å². The Morgan fingerprint density at radius 2 is 1.59 bits per heavy atom. The number of thioether (sulfide) groups is 1. The van der Waals surface area contributed by atoms with Crippen molar-refractivity contribution in [2.45, 2.75) is 18.4 Å². The number of amides is 1. The van der Waals surface area contributed by atoms with Crippen LogP contribution in [0.3, 0.4) is 0 Å². The molecule has 0 saturated carbocycles. The van der Waals surface area contributed by atoms with Crippen molar-refractivity contribution < 1.29 is 9.59 Å². The molecule has 0 aromatic heterocycles. The van der Waals surface area contributed by atoms with Gasteiger partial charge in [-0.2, -0.15) is 0 Å². The van der Waals surface area contributed by atoms with Crippen LogP contribution in [0.2, 0.25) is 0 Å². The maximum atomic E-state index is 12.6. The minimum atomic E-state index is 0.0872. The first-order chi connectivity index (χ1) is 14.0. The molecule has 154 valence electrons. The van der Waals surface area contributed by atoms with Crippen molar-refractivity contribution in [2.75, 3.05) is 50.9 Å². The number of likely N-dealkylation sites (N-methyl/N-ethyl adjacent to an activating group) is 1. The predicted molar refractivity (Wildman–Crippen MR) is 120 cm³/mol. The summed E-state index contributed by atoms with van der Waals surface area (Å²) in [6, 6.07) is 16.2. The summed E-state index contributed by atoms with van der Waals surface area (Å²) >= 11 is 1.72. The van der Waals surface area contributed by atoms with Crippen LogP contribution in [0.25, 0.3) is 0 Å². The molecule has 0 aliphatic carbocycles. The zero-order valence-corrected chi connectivity index (χ0v) is 18.2. The molecule has 0 unspecified atom stereocenters. The zero-order chi connectivity index (χ0) is 20.8. The number of piperazine rings is 1. The van der Waals surface area contributed by atoms with E-state index < -0.39 is 0 Å². The van der Waals surface area contributed by atoms with Crippen molar-refractivity contribution >= 4 is 29.1 Å². The average molecular weight is 412 g/mol. The third-order valence-electron chi connectivity index (χ3n) is 5.37. The first-order valence-corrected chi connectivity index (χ1v) is 11.1. The van der Waals surface area contributed by atoms with Crippen molar-refractivity contribution in [3.05, 3.63) is 59.7 Å². The van der Waals surface area contributed by atoms with E-state index in [1.807, 2.05) is 31.3 Å². The Hall–Kier alpha value is -2.31. The molecule has 1 aliphatic rings. The number of benzene rings is 2. The molecule has 1 heterocycles. The van der Waals surface area contributed by atoms with E-state index in [-0.39, 0.29) is 11.7 Å². The van der Waals surface area contributed by atoms with Gasteiger partial charge in [0, 0.05) is 55.9 Å². The Balaban J connectivity index is 1.46. The van der Waals surface area contributed by atoms with Gasteiger partial charge in [-0.05, 0) is 55.1 Å². The van der Waals surface area contributed by atoms with Gasteiger partial charge in [0.1, 0.15) is 0 Å². The van der Waals surface area contributed by atoms with E-state index in [9.17, 15) is 9.59 Å². The van der Waals surface area contributed by atoms with Crippen LogP contribution in [0.15, 0.2) is 53.4 Å². The number of hydrogen-bond donors (Lipinski definition) is 0. The number of carbonyl (C=O) groups is 2. The van der Waals surface area contributed by atoms with Gasteiger partial charge < -0.3 is 9.80 Å². The van der Waals surface area contributed by atoms with Crippen LogP contribution in [0.1, 0.15) is 22.8 Å². The van der Waals surface area contributed by atoms with E-state index in [1.165, 1.54) is 4.90 Å². The molecule has 0 bridgehead atoms. The summed E-state index contributed by atoms with van der Waals surface area (Å²) < 4.78 is 0. The predicted octanol–water partition coefficient (Wildman–Crippen LogP) is 3.39. The van der Waals surface area contributed by atoms with Gasteiger partial charge in [-0.1, -0.05) is 12.1 Å². The van der Waals surface area contributed by atoms with Crippen molar-refractivity contribution in [1.82, 2.24) is 9.80 Å². The Labute approximate surface area is 177 Å². The highest BCUT2D eigenvalue weighted by molar-refractivity contribution is 7.98. The lowest BCUT2D eigenvalue weighted by molar-refractivity contribution is -0.131. The third kappa shape index (κ3) is 5.84. The number of nitrogens with zero attached hydrogens (tertiary/aromatic N) is 3. The molecule has 1 amide bonds. The second kappa shape index (κ2) is 9.94. The van der Waals surface area contributed by atoms with Crippen LogP contribution in [-0.2, 0) is 11.3 Å². The molecule has 3 rings (SSSR count). The monoisotopic (exact) mass is 411 g/mol. The molecule has 2 aromatic carbocycles. The minimum Gasteiger partial charge on any atom is -0.369 e. The first-order valence-electron chi connectivity index (χ1n) is 9.91. The lowest BCUT2D eigenvalue weighted by Crippen LogP contribution is -2.49. The normalized spacial score (nSPS) is 14.7. The molecular formula is C23H29N3O2S. The second-order valence-corrected chi connectivity index (χ2v) is 8.34. The standard InChI is InChI=1S/C23H29N3O2S/c1-18(27)20-6-8-21(9-7-20)26-14-12-25(13-15-26)17-23(28)24(2)16-19-4-10-22(29-3)11-5-19/h4-11H,12-17H2,1-3H3. The van der Waals surface area contributed by atoms with E-state index in [0.29, 0.717) is 13.1 Å². The van der Waals surface area contributed by atoms with E-state index >= 15 is 0 Å². The molecule has 29 heavy (non-hydrogen) atoms. The van der Waals surface area contributed by atoms with Crippen molar-refractivity contribution in [3.63, 3.8) is 0 Å². The molecule has 1 saturated heterocycles. The summed E-state index contributed by atoms with van der Waals surface area (Å²) in [6.45, 7) is 6.15. The van der Waals surface area contributed by atoms with Crippen LogP contribution in [-0.4, -0.2) is 67.5 Å². The topological polar surface area (TPSA) is 43.9 Å². The van der Waals surface area contributed by atoms with E-state index in [0.717, 1.165) is 43.0 Å². The maximum Gasteiger partial charge on any atom is 0.236 e. The van der Waals surface area contributed by atoms with E-state index in [2.05, 4.69) is 40.3 Å². The molecule has 0 atom stereocenters. The second-order valence-electron chi connectivity index (χ2n) is 7.46. The highest BCUT2D eigenvalue weighted by atomic mass is 32.2. The number of anilines is 1.